The molecule has 3 aromatic carbocycles. The highest BCUT2D eigenvalue weighted by Gasteiger charge is 2.31. The molecule has 0 saturated heterocycles. The second-order valence-electron chi connectivity index (χ2n) is 7.54. The number of benzene rings is 3. The van der Waals surface area contributed by atoms with Gasteiger partial charge in [0.1, 0.15) is 6.04 Å². The Labute approximate surface area is 186 Å². The second-order valence-corrected chi connectivity index (χ2v) is 9.40. The van der Waals surface area contributed by atoms with Gasteiger partial charge in [-0.05, 0) is 42.7 Å². The van der Waals surface area contributed by atoms with Crippen LogP contribution in [0.3, 0.4) is 0 Å². The van der Waals surface area contributed by atoms with E-state index in [1.807, 2.05) is 61.5 Å². The lowest BCUT2D eigenvalue weighted by molar-refractivity contribution is -0.122. The van der Waals surface area contributed by atoms with E-state index in [4.69, 9.17) is 0 Å². The SMILES string of the molecule is Cc1ccccc1[C@H](NC(=O)[C@@H](C)N(c1ccc(F)c(F)c1)S(C)(=O)=O)c1ccccc1. The molecule has 0 aliphatic rings. The van der Waals surface area contributed by atoms with Crippen LogP contribution in [0, 0.1) is 18.6 Å². The number of halogens is 2. The number of nitrogens with zero attached hydrogens (tertiary/aromatic N) is 1. The van der Waals surface area contributed by atoms with Gasteiger partial charge >= 0.3 is 0 Å². The molecular weight excluding hydrogens is 434 g/mol. The van der Waals surface area contributed by atoms with E-state index in [2.05, 4.69) is 5.32 Å². The molecule has 1 amide bonds. The van der Waals surface area contributed by atoms with E-state index in [-0.39, 0.29) is 5.69 Å². The van der Waals surface area contributed by atoms with Crippen molar-refractivity contribution in [2.75, 3.05) is 10.6 Å². The van der Waals surface area contributed by atoms with Crippen LogP contribution in [0.2, 0.25) is 0 Å². The number of sulfonamides is 1. The summed E-state index contributed by atoms with van der Waals surface area (Å²) in [5.74, 6) is -2.90. The van der Waals surface area contributed by atoms with E-state index in [1.54, 1.807) is 0 Å². The lowest BCUT2D eigenvalue weighted by Crippen LogP contribution is -2.48. The largest absolute Gasteiger partial charge is 0.343 e. The zero-order valence-electron chi connectivity index (χ0n) is 17.9. The number of aryl methyl sites for hydroxylation is 1. The summed E-state index contributed by atoms with van der Waals surface area (Å²) in [4.78, 5) is 13.2. The van der Waals surface area contributed by atoms with Crippen molar-refractivity contribution in [3.05, 3.63) is 101 Å². The van der Waals surface area contributed by atoms with Crippen LogP contribution in [-0.2, 0) is 14.8 Å². The van der Waals surface area contributed by atoms with Gasteiger partial charge in [-0.15, -0.1) is 0 Å². The standard InChI is InChI=1S/C24H24F2N2O3S/c1-16-9-7-8-12-20(16)23(18-10-5-4-6-11-18)27-24(29)17(2)28(32(3,30)31)19-13-14-21(25)22(26)15-19/h4-15,17,23H,1-3H3,(H,27,29)/t17-,23-/m1/s1. The van der Waals surface area contributed by atoms with Crippen LogP contribution < -0.4 is 9.62 Å². The van der Waals surface area contributed by atoms with Gasteiger partial charge < -0.3 is 5.32 Å². The van der Waals surface area contributed by atoms with Crippen molar-refractivity contribution in [1.82, 2.24) is 5.32 Å². The predicted molar refractivity (Wildman–Crippen MR) is 121 cm³/mol. The lowest BCUT2D eigenvalue weighted by atomic mass is 9.94. The highest BCUT2D eigenvalue weighted by Crippen LogP contribution is 2.27. The molecule has 0 bridgehead atoms. The van der Waals surface area contributed by atoms with Crippen molar-refractivity contribution in [3.63, 3.8) is 0 Å². The maximum atomic E-state index is 13.8. The lowest BCUT2D eigenvalue weighted by Gasteiger charge is -2.30. The first-order valence-electron chi connectivity index (χ1n) is 9.95. The molecule has 0 aliphatic heterocycles. The summed E-state index contributed by atoms with van der Waals surface area (Å²) in [5, 5.41) is 2.93. The minimum absolute atomic E-state index is 0.138. The van der Waals surface area contributed by atoms with E-state index in [0.717, 1.165) is 45.5 Å². The van der Waals surface area contributed by atoms with Crippen molar-refractivity contribution in [2.24, 2.45) is 0 Å². The molecule has 3 rings (SSSR count). The third kappa shape index (κ3) is 5.13. The Bertz CT molecular complexity index is 1220. The van der Waals surface area contributed by atoms with E-state index < -0.39 is 39.6 Å². The van der Waals surface area contributed by atoms with E-state index in [1.165, 1.54) is 6.92 Å². The fraction of sp³-hybridized carbons (Fsp3) is 0.208. The number of anilines is 1. The number of carbonyl (C=O) groups excluding carboxylic acids is 1. The normalized spacial score (nSPS) is 13.3. The smallest absolute Gasteiger partial charge is 0.244 e. The molecule has 0 radical (unpaired) electrons. The molecule has 3 aromatic rings. The summed E-state index contributed by atoms with van der Waals surface area (Å²) in [7, 11) is -3.98. The molecular formula is C24H24F2N2O3S. The average molecular weight is 459 g/mol. The van der Waals surface area contributed by atoms with Gasteiger partial charge in [-0.1, -0.05) is 54.6 Å². The summed E-state index contributed by atoms with van der Waals surface area (Å²) >= 11 is 0. The molecule has 1 N–H and O–H groups in total. The Morgan fingerprint density at radius 3 is 2.16 bits per heavy atom. The van der Waals surface area contributed by atoms with E-state index >= 15 is 0 Å². The highest BCUT2D eigenvalue weighted by atomic mass is 32.2. The summed E-state index contributed by atoms with van der Waals surface area (Å²) in [6, 6.07) is 17.8. The molecule has 0 unspecified atom stereocenters. The Hall–Kier alpha value is -3.26. The fourth-order valence-corrected chi connectivity index (χ4v) is 4.76. The molecule has 0 saturated carbocycles. The molecule has 8 heteroatoms. The monoisotopic (exact) mass is 458 g/mol. The Morgan fingerprint density at radius 1 is 0.938 bits per heavy atom. The number of carbonyl (C=O) groups is 1. The average Bonchev–Trinajstić information content (AvgIpc) is 2.74. The Balaban J connectivity index is 1.98. The van der Waals surface area contributed by atoms with Gasteiger partial charge in [0.15, 0.2) is 11.6 Å². The molecule has 0 heterocycles. The van der Waals surface area contributed by atoms with Crippen LogP contribution in [-0.4, -0.2) is 26.6 Å². The van der Waals surface area contributed by atoms with E-state index in [0.29, 0.717) is 0 Å². The summed E-state index contributed by atoms with van der Waals surface area (Å²) in [6.07, 6.45) is 0.911. The maximum absolute atomic E-state index is 13.8. The first kappa shape index (κ1) is 23.4. The molecule has 0 spiro atoms. The first-order chi connectivity index (χ1) is 15.1. The summed E-state index contributed by atoms with van der Waals surface area (Å²) < 4.78 is 52.9. The Kier molecular flexibility index (Phi) is 6.93. The number of nitrogens with one attached hydrogen (secondary N) is 1. The molecule has 168 valence electrons. The van der Waals surface area contributed by atoms with Crippen molar-refractivity contribution in [2.45, 2.75) is 25.9 Å². The third-order valence-electron chi connectivity index (χ3n) is 5.17. The molecule has 0 aromatic heterocycles. The van der Waals surface area contributed by atoms with Gasteiger partial charge in [0.05, 0.1) is 18.0 Å². The quantitative estimate of drug-likeness (QED) is 0.573. The predicted octanol–water partition coefficient (Wildman–Crippen LogP) is 4.33. The number of hydrogen-bond donors (Lipinski definition) is 1. The molecule has 0 fully saturated rings. The Morgan fingerprint density at radius 2 is 1.56 bits per heavy atom. The maximum Gasteiger partial charge on any atom is 0.244 e. The molecule has 0 aliphatic carbocycles. The van der Waals surface area contributed by atoms with Crippen molar-refractivity contribution < 1.29 is 22.0 Å². The number of rotatable bonds is 7. The number of hydrogen-bond acceptors (Lipinski definition) is 3. The van der Waals surface area contributed by atoms with Gasteiger partial charge in [-0.2, -0.15) is 0 Å². The van der Waals surface area contributed by atoms with Crippen LogP contribution >= 0.6 is 0 Å². The summed E-state index contributed by atoms with van der Waals surface area (Å²) in [5.41, 5.74) is 2.50. The third-order valence-corrected chi connectivity index (χ3v) is 6.41. The molecule has 2 atom stereocenters. The highest BCUT2D eigenvalue weighted by molar-refractivity contribution is 7.92. The van der Waals surface area contributed by atoms with Crippen LogP contribution in [0.15, 0.2) is 72.8 Å². The van der Waals surface area contributed by atoms with Gasteiger partial charge in [0.2, 0.25) is 15.9 Å². The minimum atomic E-state index is -3.98. The second kappa shape index (κ2) is 9.48. The van der Waals surface area contributed by atoms with Gasteiger partial charge in [-0.3, -0.25) is 9.10 Å². The van der Waals surface area contributed by atoms with Gasteiger partial charge in [0, 0.05) is 6.07 Å². The fourth-order valence-electron chi connectivity index (χ4n) is 3.59. The topological polar surface area (TPSA) is 66.5 Å². The zero-order chi connectivity index (χ0) is 23.5. The van der Waals surface area contributed by atoms with Crippen molar-refractivity contribution >= 4 is 21.6 Å². The van der Waals surface area contributed by atoms with E-state index in [9.17, 15) is 22.0 Å². The van der Waals surface area contributed by atoms with Crippen LogP contribution in [0.5, 0.6) is 0 Å². The van der Waals surface area contributed by atoms with Crippen LogP contribution in [0.1, 0.15) is 29.7 Å². The van der Waals surface area contributed by atoms with Crippen molar-refractivity contribution in [1.29, 1.82) is 0 Å². The van der Waals surface area contributed by atoms with Crippen LogP contribution in [0.4, 0.5) is 14.5 Å². The molecule has 32 heavy (non-hydrogen) atoms. The van der Waals surface area contributed by atoms with Gasteiger partial charge in [0.25, 0.3) is 0 Å². The molecule has 5 nitrogen and oxygen atoms in total. The summed E-state index contributed by atoms with van der Waals surface area (Å²) in [6.45, 7) is 3.32. The first-order valence-corrected chi connectivity index (χ1v) is 11.8. The number of amides is 1. The van der Waals surface area contributed by atoms with Crippen molar-refractivity contribution in [3.8, 4) is 0 Å². The zero-order valence-corrected chi connectivity index (χ0v) is 18.7. The minimum Gasteiger partial charge on any atom is -0.343 e. The van der Waals surface area contributed by atoms with Gasteiger partial charge in [-0.25, -0.2) is 17.2 Å². The van der Waals surface area contributed by atoms with Crippen LogP contribution in [0.25, 0.3) is 0 Å².